The van der Waals surface area contributed by atoms with Gasteiger partial charge in [0.05, 0.1) is 10.6 Å². The van der Waals surface area contributed by atoms with E-state index >= 15 is 0 Å². The third kappa shape index (κ3) is 8.69. The standard InChI is InChI=1S/C33H33BrClN3O4S/c1-2-19-36-33(40)31(21-25-11-5-3-6-12-25)37(23-26-13-9-15-28(35)20-26)32(39)24-38(29-16-10-14-27(34)22-29)43(41,42)30-17-7-4-8-18-30/h3-18,20,22,31H,2,19,21,23-24H2,1H3,(H,36,40). The van der Waals surface area contributed by atoms with E-state index in [2.05, 4.69) is 21.2 Å². The minimum absolute atomic E-state index is 0.0469. The maximum Gasteiger partial charge on any atom is 0.264 e. The lowest BCUT2D eigenvalue weighted by atomic mass is 10.0. The van der Waals surface area contributed by atoms with Gasteiger partial charge >= 0.3 is 0 Å². The zero-order valence-electron chi connectivity index (χ0n) is 23.7. The molecule has 0 bridgehead atoms. The first kappa shape index (κ1) is 32.3. The highest BCUT2D eigenvalue weighted by Gasteiger charge is 2.34. The van der Waals surface area contributed by atoms with Crippen LogP contribution >= 0.6 is 27.5 Å². The Morgan fingerprint density at radius 1 is 0.860 bits per heavy atom. The highest BCUT2D eigenvalue weighted by Crippen LogP contribution is 2.27. The molecule has 0 aliphatic heterocycles. The Hall–Kier alpha value is -3.66. The Bertz CT molecular complexity index is 1640. The number of benzene rings is 4. The molecule has 0 fully saturated rings. The molecule has 1 unspecified atom stereocenters. The fourth-order valence-corrected chi connectivity index (χ4v) is 6.66. The molecule has 0 aliphatic carbocycles. The summed E-state index contributed by atoms with van der Waals surface area (Å²) in [5.74, 6) is -0.854. The van der Waals surface area contributed by atoms with Crippen molar-refractivity contribution in [1.82, 2.24) is 10.2 Å². The Labute approximate surface area is 266 Å². The van der Waals surface area contributed by atoms with E-state index in [1.54, 1.807) is 60.7 Å². The van der Waals surface area contributed by atoms with E-state index in [9.17, 15) is 18.0 Å². The van der Waals surface area contributed by atoms with Crippen LogP contribution in [0.4, 0.5) is 5.69 Å². The topological polar surface area (TPSA) is 86.8 Å². The van der Waals surface area contributed by atoms with Gasteiger partial charge in [-0.05, 0) is 60.0 Å². The molecule has 0 saturated carbocycles. The molecule has 4 aromatic carbocycles. The highest BCUT2D eigenvalue weighted by molar-refractivity contribution is 9.10. The molecule has 224 valence electrons. The van der Waals surface area contributed by atoms with Gasteiger partial charge in [-0.1, -0.05) is 101 Å². The average Bonchev–Trinajstić information content (AvgIpc) is 3.01. The van der Waals surface area contributed by atoms with Gasteiger partial charge in [0.1, 0.15) is 12.6 Å². The van der Waals surface area contributed by atoms with Crippen LogP contribution in [-0.4, -0.2) is 44.3 Å². The predicted octanol–water partition coefficient (Wildman–Crippen LogP) is 6.46. The second-order valence-corrected chi connectivity index (χ2v) is 13.2. The number of rotatable bonds is 13. The van der Waals surface area contributed by atoms with E-state index in [-0.39, 0.29) is 23.8 Å². The quantitative estimate of drug-likeness (QED) is 0.175. The van der Waals surface area contributed by atoms with Crippen molar-refractivity contribution in [2.24, 2.45) is 0 Å². The molecule has 0 radical (unpaired) electrons. The van der Waals surface area contributed by atoms with Crippen molar-refractivity contribution in [1.29, 1.82) is 0 Å². The molecule has 0 spiro atoms. The monoisotopic (exact) mass is 681 g/mol. The lowest BCUT2D eigenvalue weighted by Gasteiger charge is -2.34. The minimum Gasteiger partial charge on any atom is -0.354 e. The molecule has 0 aliphatic rings. The third-order valence-corrected chi connectivity index (χ3v) is 9.28. The smallest absolute Gasteiger partial charge is 0.264 e. The predicted molar refractivity (Wildman–Crippen MR) is 174 cm³/mol. The number of nitrogens with zero attached hydrogens (tertiary/aromatic N) is 2. The number of hydrogen-bond donors (Lipinski definition) is 1. The summed E-state index contributed by atoms with van der Waals surface area (Å²) in [5.41, 5.74) is 1.88. The number of sulfonamides is 1. The van der Waals surface area contributed by atoms with Crippen LogP contribution in [0.2, 0.25) is 5.02 Å². The van der Waals surface area contributed by atoms with E-state index in [1.807, 2.05) is 43.3 Å². The molecule has 0 aromatic heterocycles. The number of carbonyl (C=O) groups is 2. The van der Waals surface area contributed by atoms with Crippen molar-refractivity contribution in [3.63, 3.8) is 0 Å². The van der Waals surface area contributed by atoms with Gasteiger partial charge in [-0.15, -0.1) is 0 Å². The van der Waals surface area contributed by atoms with Crippen LogP contribution in [0.5, 0.6) is 0 Å². The maximum absolute atomic E-state index is 14.4. The molecule has 0 heterocycles. The van der Waals surface area contributed by atoms with E-state index < -0.39 is 28.5 Å². The molecule has 7 nitrogen and oxygen atoms in total. The van der Waals surface area contributed by atoms with Crippen LogP contribution in [-0.2, 0) is 32.6 Å². The summed E-state index contributed by atoms with van der Waals surface area (Å²) in [6, 6.07) is 30.3. The number of carbonyl (C=O) groups excluding carboxylic acids is 2. The van der Waals surface area contributed by atoms with Crippen LogP contribution in [0.15, 0.2) is 119 Å². The molecule has 43 heavy (non-hydrogen) atoms. The van der Waals surface area contributed by atoms with Crippen molar-refractivity contribution in [3.05, 3.63) is 130 Å². The maximum atomic E-state index is 14.4. The normalized spacial score (nSPS) is 11.9. The SMILES string of the molecule is CCCNC(=O)C(Cc1ccccc1)N(Cc1cccc(Cl)c1)C(=O)CN(c1cccc(Br)c1)S(=O)(=O)c1ccccc1. The molecule has 4 rings (SSSR count). The van der Waals surface area contributed by atoms with Crippen LogP contribution in [0.3, 0.4) is 0 Å². The highest BCUT2D eigenvalue weighted by atomic mass is 79.9. The number of nitrogens with one attached hydrogen (secondary N) is 1. The molecule has 2 amide bonds. The van der Waals surface area contributed by atoms with E-state index in [0.29, 0.717) is 27.3 Å². The van der Waals surface area contributed by atoms with Crippen LogP contribution in [0, 0.1) is 0 Å². The van der Waals surface area contributed by atoms with Crippen molar-refractivity contribution in [2.75, 3.05) is 17.4 Å². The largest absolute Gasteiger partial charge is 0.354 e. The second-order valence-electron chi connectivity index (χ2n) is 9.95. The third-order valence-electron chi connectivity index (χ3n) is 6.77. The van der Waals surface area contributed by atoms with Crippen LogP contribution < -0.4 is 9.62 Å². The molecular weight excluding hydrogens is 650 g/mol. The molecule has 0 saturated heterocycles. The summed E-state index contributed by atoms with van der Waals surface area (Å²) in [7, 11) is -4.15. The van der Waals surface area contributed by atoms with E-state index in [1.165, 1.54) is 17.0 Å². The Morgan fingerprint density at radius 2 is 1.51 bits per heavy atom. The summed E-state index contributed by atoms with van der Waals surface area (Å²) in [6.07, 6.45) is 0.961. The second kappa shape index (κ2) is 15.2. The number of amides is 2. The minimum atomic E-state index is -4.15. The first-order valence-corrected chi connectivity index (χ1v) is 16.5. The van der Waals surface area contributed by atoms with Gasteiger partial charge in [0.15, 0.2) is 0 Å². The first-order chi connectivity index (χ1) is 20.7. The van der Waals surface area contributed by atoms with Gasteiger partial charge in [0, 0.05) is 29.0 Å². The Morgan fingerprint density at radius 3 is 2.16 bits per heavy atom. The number of hydrogen-bond acceptors (Lipinski definition) is 4. The van der Waals surface area contributed by atoms with Crippen LogP contribution in [0.1, 0.15) is 24.5 Å². The zero-order chi connectivity index (χ0) is 30.8. The summed E-state index contributed by atoms with van der Waals surface area (Å²) in [5, 5.41) is 3.43. The first-order valence-electron chi connectivity index (χ1n) is 13.9. The summed E-state index contributed by atoms with van der Waals surface area (Å²) in [6.45, 7) is 1.91. The van der Waals surface area contributed by atoms with Gasteiger partial charge in [-0.3, -0.25) is 13.9 Å². The Balaban J connectivity index is 1.79. The van der Waals surface area contributed by atoms with Crippen molar-refractivity contribution < 1.29 is 18.0 Å². The summed E-state index contributed by atoms with van der Waals surface area (Å²) >= 11 is 9.70. The van der Waals surface area contributed by atoms with Gasteiger partial charge in [0.2, 0.25) is 11.8 Å². The molecule has 1 atom stereocenters. The van der Waals surface area contributed by atoms with Gasteiger partial charge in [-0.2, -0.15) is 0 Å². The van der Waals surface area contributed by atoms with Crippen molar-refractivity contribution >= 4 is 55.1 Å². The number of anilines is 1. The van der Waals surface area contributed by atoms with Crippen molar-refractivity contribution in [3.8, 4) is 0 Å². The lowest BCUT2D eigenvalue weighted by molar-refractivity contribution is -0.140. The zero-order valence-corrected chi connectivity index (χ0v) is 26.9. The van der Waals surface area contributed by atoms with Gasteiger partial charge in [0.25, 0.3) is 10.0 Å². The summed E-state index contributed by atoms with van der Waals surface area (Å²) in [4.78, 5) is 29.5. The average molecular weight is 683 g/mol. The van der Waals surface area contributed by atoms with Gasteiger partial charge in [-0.25, -0.2) is 8.42 Å². The van der Waals surface area contributed by atoms with Crippen molar-refractivity contribution in [2.45, 2.75) is 37.2 Å². The molecular formula is C33H33BrClN3O4S. The number of halogens is 2. The van der Waals surface area contributed by atoms with Crippen LogP contribution in [0.25, 0.3) is 0 Å². The Kier molecular flexibility index (Phi) is 11.4. The molecule has 1 N–H and O–H groups in total. The van der Waals surface area contributed by atoms with E-state index in [0.717, 1.165) is 16.3 Å². The lowest BCUT2D eigenvalue weighted by Crippen LogP contribution is -2.53. The molecule has 10 heteroatoms. The summed E-state index contributed by atoms with van der Waals surface area (Å²) < 4.78 is 29.7. The van der Waals surface area contributed by atoms with E-state index in [4.69, 9.17) is 11.6 Å². The fraction of sp³-hybridized carbons (Fsp3) is 0.212. The fourth-order valence-electron chi connectivity index (χ4n) is 4.63. The molecule has 4 aromatic rings. The van der Waals surface area contributed by atoms with Gasteiger partial charge < -0.3 is 10.2 Å².